The number of methoxy groups -OCH3 is 1. The normalized spacial score (nSPS) is 10.6. The van der Waals surface area contributed by atoms with Crippen LogP contribution in [0.2, 0.25) is 0 Å². The highest BCUT2D eigenvalue weighted by atomic mass is 16.5. The van der Waals surface area contributed by atoms with E-state index in [1.165, 1.54) is 0 Å². The molecule has 118 valence electrons. The Morgan fingerprint density at radius 2 is 1.71 bits per heavy atom. The number of nitrogens with one attached hydrogen (secondary N) is 1. The highest BCUT2D eigenvalue weighted by Crippen LogP contribution is 2.10. The first-order valence-electron chi connectivity index (χ1n) is 7.29. The maximum Gasteiger partial charge on any atom is 0.226 e. The average molecular weight is 295 g/mol. The molecule has 1 aromatic rings. The van der Waals surface area contributed by atoms with E-state index in [9.17, 15) is 4.79 Å². The zero-order valence-corrected chi connectivity index (χ0v) is 12.9. The van der Waals surface area contributed by atoms with Crippen LogP contribution in [0.4, 0.5) is 5.69 Å². The minimum atomic E-state index is -0.0519. The van der Waals surface area contributed by atoms with Gasteiger partial charge in [0.2, 0.25) is 5.91 Å². The molecule has 0 radical (unpaired) electrons. The van der Waals surface area contributed by atoms with Crippen LogP contribution in [0.3, 0.4) is 0 Å². The number of hydrogen-bond acceptors (Lipinski definition) is 4. The molecule has 0 bridgehead atoms. The molecular formula is C16H25NO4. The van der Waals surface area contributed by atoms with Crippen LogP contribution in [0, 0.1) is 0 Å². The zero-order valence-electron chi connectivity index (χ0n) is 12.9. The second-order valence-electron chi connectivity index (χ2n) is 4.65. The highest BCUT2D eigenvalue weighted by Gasteiger charge is 2.02. The molecule has 1 rings (SSSR count). The van der Waals surface area contributed by atoms with E-state index in [0.29, 0.717) is 32.8 Å². The molecular weight excluding hydrogens is 270 g/mol. The van der Waals surface area contributed by atoms with Gasteiger partial charge in [-0.2, -0.15) is 0 Å². The van der Waals surface area contributed by atoms with Crippen molar-refractivity contribution in [2.45, 2.75) is 26.4 Å². The molecule has 0 aliphatic carbocycles. The Morgan fingerprint density at radius 1 is 1.05 bits per heavy atom. The predicted molar refractivity (Wildman–Crippen MR) is 82.3 cm³/mol. The van der Waals surface area contributed by atoms with Gasteiger partial charge in [0.1, 0.15) is 0 Å². The number of hydrogen-bond donors (Lipinski definition) is 1. The first kappa shape index (κ1) is 17.6. The number of ether oxygens (including phenoxy) is 3. The summed E-state index contributed by atoms with van der Waals surface area (Å²) in [5.74, 6) is -0.0519. The largest absolute Gasteiger partial charge is 0.380 e. The van der Waals surface area contributed by atoms with Crippen molar-refractivity contribution in [1.29, 1.82) is 0 Å². The van der Waals surface area contributed by atoms with E-state index in [1.54, 1.807) is 7.11 Å². The monoisotopic (exact) mass is 295 g/mol. The van der Waals surface area contributed by atoms with Crippen molar-refractivity contribution in [3.05, 3.63) is 29.8 Å². The van der Waals surface area contributed by atoms with Gasteiger partial charge in [-0.15, -0.1) is 0 Å². The van der Waals surface area contributed by atoms with E-state index in [4.69, 9.17) is 14.2 Å². The van der Waals surface area contributed by atoms with Crippen molar-refractivity contribution < 1.29 is 19.0 Å². The van der Waals surface area contributed by atoms with Crippen LogP contribution < -0.4 is 5.32 Å². The molecule has 5 heteroatoms. The molecule has 0 aliphatic rings. The Kier molecular flexibility index (Phi) is 9.44. The number of carbonyl (C=O) groups is 1. The van der Waals surface area contributed by atoms with Gasteiger partial charge in [-0.05, 0) is 24.1 Å². The third kappa shape index (κ3) is 8.45. The summed E-state index contributed by atoms with van der Waals surface area (Å²) in [6, 6.07) is 7.60. The maximum atomic E-state index is 11.7. The maximum absolute atomic E-state index is 11.7. The Bertz CT molecular complexity index is 392. The van der Waals surface area contributed by atoms with Gasteiger partial charge >= 0.3 is 0 Å². The number of rotatable bonds is 11. The summed E-state index contributed by atoms with van der Waals surface area (Å²) >= 11 is 0. The molecule has 1 amide bonds. The van der Waals surface area contributed by atoms with E-state index in [-0.39, 0.29) is 5.91 Å². The summed E-state index contributed by atoms with van der Waals surface area (Å²) < 4.78 is 15.7. The predicted octanol–water partition coefficient (Wildman–Crippen LogP) is 2.60. The van der Waals surface area contributed by atoms with Crippen molar-refractivity contribution in [3.63, 3.8) is 0 Å². The second-order valence-corrected chi connectivity index (χ2v) is 4.65. The lowest BCUT2D eigenvalue weighted by Crippen LogP contribution is -2.15. The number of amides is 1. The van der Waals surface area contributed by atoms with Gasteiger partial charge in [-0.1, -0.05) is 19.1 Å². The van der Waals surface area contributed by atoms with Gasteiger partial charge in [0.25, 0.3) is 0 Å². The van der Waals surface area contributed by atoms with Crippen molar-refractivity contribution in [3.8, 4) is 0 Å². The lowest BCUT2D eigenvalue weighted by molar-refractivity contribution is -0.117. The van der Waals surface area contributed by atoms with Gasteiger partial charge in [0.05, 0.1) is 32.8 Å². The summed E-state index contributed by atoms with van der Waals surface area (Å²) in [7, 11) is 1.66. The van der Waals surface area contributed by atoms with Crippen molar-refractivity contribution in [2.24, 2.45) is 0 Å². The fourth-order valence-corrected chi connectivity index (χ4v) is 1.71. The first-order valence-corrected chi connectivity index (χ1v) is 7.29. The molecule has 0 unspecified atom stereocenters. The van der Waals surface area contributed by atoms with Gasteiger partial charge in [-0.25, -0.2) is 0 Å². The van der Waals surface area contributed by atoms with Crippen molar-refractivity contribution >= 4 is 11.6 Å². The third-order valence-electron chi connectivity index (χ3n) is 2.74. The summed E-state index contributed by atoms with van der Waals surface area (Å²) in [6.45, 7) is 4.90. The molecule has 0 spiro atoms. The van der Waals surface area contributed by atoms with Gasteiger partial charge in [-0.3, -0.25) is 4.79 Å². The quantitative estimate of drug-likeness (QED) is 0.638. The number of benzene rings is 1. The van der Waals surface area contributed by atoms with Gasteiger partial charge in [0, 0.05) is 19.4 Å². The summed E-state index contributed by atoms with van der Waals surface area (Å²) in [6.07, 6.45) is 1.35. The van der Waals surface area contributed by atoms with Gasteiger partial charge in [0.15, 0.2) is 0 Å². The molecule has 1 aromatic carbocycles. The van der Waals surface area contributed by atoms with E-state index in [2.05, 4.69) is 12.2 Å². The molecule has 0 heterocycles. The average Bonchev–Trinajstić information content (AvgIpc) is 2.49. The lowest BCUT2D eigenvalue weighted by atomic mass is 10.2. The molecule has 0 aliphatic heterocycles. The topological polar surface area (TPSA) is 56.8 Å². The van der Waals surface area contributed by atoms with Crippen LogP contribution >= 0.6 is 0 Å². The SMILES string of the molecule is CCCOCCOCCC(=O)Nc1ccc(COC)cc1. The molecule has 0 saturated heterocycles. The Labute approximate surface area is 126 Å². The molecule has 1 N–H and O–H groups in total. The second kappa shape index (κ2) is 11.3. The van der Waals surface area contributed by atoms with E-state index >= 15 is 0 Å². The minimum Gasteiger partial charge on any atom is -0.380 e. The molecule has 0 fully saturated rings. The fraction of sp³-hybridized carbons (Fsp3) is 0.562. The fourth-order valence-electron chi connectivity index (χ4n) is 1.71. The summed E-state index contributed by atoms with van der Waals surface area (Å²) in [4.78, 5) is 11.7. The van der Waals surface area contributed by atoms with E-state index in [0.717, 1.165) is 24.3 Å². The number of carbonyl (C=O) groups excluding carboxylic acids is 1. The molecule has 5 nitrogen and oxygen atoms in total. The highest BCUT2D eigenvalue weighted by molar-refractivity contribution is 5.90. The zero-order chi connectivity index (χ0) is 15.3. The van der Waals surface area contributed by atoms with Crippen LogP contribution in [-0.4, -0.2) is 39.4 Å². The Morgan fingerprint density at radius 3 is 2.33 bits per heavy atom. The summed E-state index contributed by atoms with van der Waals surface area (Å²) in [5, 5.41) is 2.83. The van der Waals surface area contributed by atoms with Crippen LogP contribution in [0.15, 0.2) is 24.3 Å². The van der Waals surface area contributed by atoms with Crippen molar-refractivity contribution in [2.75, 3.05) is 38.9 Å². The van der Waals surface area contributed by atoms with Crippen LogP contribution in [0.25, 0.3) is 0 Å². The Balaban J connectivity index is 2.12. The Hall–Kier alpha value is -1.43. The summed E-state index contributed by atoms with van der Waals surface area (Å²) in [5.41, 5.74) is 1.86. The van der Waals surface area contributed by atoms with Crippen LogP contribution in [-0.2, 0) is 25.6 Å². The van der Waals surface area contributed by atoms with E-state index < -0.39 is 0 Å². The van der Waals surface area contributed by atoms with Crippen LogP contribution in [0.5, 0.6) is 0 Å². The minimum absolute atomic E-state index is 0.0519. The molecule has 21 heavy (non-hydrogen) atoms. The standard InChI is InChI=1S/C16H25NO4/c1-3-9-20-11-12-21-10-8-16(18)17-15-6-4-14(5-7-15)13-19-2/h4-7H,3,8-13H2,1-2H3,(H,17,18). The third-order valence-corrected chi connectivity index (χ3v) is 2.74. The smallest absolute Gasteiger partial charge is 0.226 e. The first-order chi connectivity index (χ1) is 10.3. The van der Waals surface area contributed by atoms with Crippen LogP contribution in [0.1, 0.15) is 25.3 Å². The lowest BCUT2D eigenvalue weighted by Gasteiger charge is -2.07. The van der Waals surface area contributed by atoms with E-state index in [1.807, 2.05) is 24.3 Å². The molecule has 0 saturated carbocycles. The number of anilines is 1. The van der Waals surface area contributed by atoms with Crippen molar-refractivity contribution in [1.82, 2.24) is 0 Å². The molecule has 0 atom stereocenters. The van der Waals surface area contributed by atoms with Gasteiger partial charge < -0.3 is 19.5 Å². The molecule has 0 aromatic heterocycles.